The zero-order chi connectivity index (χ0) is 22.1. The maximum absolute atomic E-state index is 12.6. The van der Waals surface area contributed by atoms with Gasteiger partial charge in [-0.1, -0.05) is 23.7 Å². The van der Waals surface area contributed by atoms with Crippen LogP contribution in [0.2, 0.25) is 5.02 Å². The molecule has 5 N–H and O–H groups in total. The van der Waals surface area contributed by atoms with Crippen LogP contribution in [-0.4, -0.2) is 68.1 Å². The first-order chi connectivity index (χ1) is 14.1. The summed E-state index contributed by atoms with van der Waals surface area (Å²) in [4.78, 5) is 26.2. The van der Waals surface area contributed by atoms with Crippen molar-refractivity contribution in [2.24, 2.45) is 5.73 Å². The second-order valence-corrected chi connectivity index (χ2v) is 10.3. The number of hydrogen-bond donors (Lipinski definition) is 4. The lowest BCUT2D eigenvalue weighted by Gasteiger charge is -2.37. The van der Waals surface area contributed by atoms with E-state index < -0.39 is 21.0 Å². The van der Waals surface area contributed by atoms with Crippen molar-refractivity contribution in [1.82, 2.24) is 15.5 Å². The van der Waals surface area contributed by atoms with E-state index in [9.17, 15) is 18.0 Å². The molecule has 1 heterocycles. The van der Waals surface area contributed by atoms with Gasteiger partial charge in [0.1, 0.15) is 9.84 Å². The number of nitrogens with zero attached hydrogens (tertiary/aromatic N) is 1. The molecule has 3 amide bonds. The molecule has 0 bridgehead atoms. The SMILES string of the molecule is CS(=O)(=O)C1CC(NC(=O)N2CCN/C(=C(\C(=N)c3cccc(Cl)c3)C(N)=O)C2)C1. The summed E-state index contributed by atoms with van der Waals surface area (Å²) in [6.45, 7) is 0.863. The number of hydrogen-bond acceptors (Lipinski definition) is 6. The van der Waals surface area contributed by atoms with Gasteiger partial charge in [-0.25, -0.2) is 13.2 Å². The Bertz CT molecular complexity index is 1020. The van der Waals surface area contributed by atoms with Crippen LogP contribution >= 0.6 is 11.6 Å². The third-order valence-electron chi connectivity index (χ3n) is 5.30. The highest BCUT2D eigenvalue weighted by atomic mass is 35.5. The van der Waals surface area contributed by atoms with Gasteiger partial charge in [0, 0.05) is 41.7 Å². The zero-order valence-corrected chi connectivity index (χ0v) is 18.0. The maximum atomic E-state index is 12.6. The number of carbonyl (C=O) groups is 2. The van der Waals surface area contributed by atoms with E-state index in [1.54, 1.807) is 24.3 Å². The lowest BCUT2D eigenvalue weighted by molar-refractivity contribution is -0.114. The first-order valence-corrected chi connectivity index (χ1v) is 11.8. The molecule has 1 saturated heterocycles. The quantitative estimate of drug-likeness (QED) is 0.381. The maximum Gasteiger partial charge on any atom is 0.318 e. The molecule has 1 aliphatic heterocycles. The van der Waals surface area contributed by atoms with Crippen LogP contribution in [0.25, 0.3) is 0 Å². The molecule has 9 nitrogen and oxygen atoms in total. The Morgan fingerprint density at radius 1 is 1.33 bits per heavy atom. The minimum Gasteiger partial charge on any atom is -0.384 e. The fourth-order valence-electron chi connectivity index (χ4n) is 3.52. The van der Waals surface area contributed by atoms with Crippen molar-refractivity contribution in [3.8, 4) is 0 Å². The summed E-state index contributed by atoms with van der Waals surface area (Å²) in [5, 5.41) is 14.3. The first kappa shape index (κ1) is 22.1. The summed E-state index contributed by atoms with van der Waals surface area (Å²) in [6.07, 6.45) is 1.99. The number of nitrogens with one attached hydrogen (secondary N) is 3. The van der Waals surface area contributed by atoms with Crippen LogP contribution < -0.4 is 16.4 Å². The molecule has 3 rings (SSSR count). The Balaban J connectivity index is 1.72. The van der Waals surface area contributed by atoms with Crippen molar-refractivity contribution >= 4 is 39.1 Å². The molecule has 0 atom stereocenters. The minimum absolute atomic E-state index is 0.00412. The van der Waals surface area contributed by atoms with Gasteiger partial charge in [-0.2, -0.15) is 0 Å². The van der Waals surface area contributed by atoms with Gasteiger partial charge in [-0.15, -0.1) is 0 Å². The summed E-state index contributed by atoms with van der Waals surface area (Å²) in [6, 6.07) is 6.01. The Hall–Kier alpha value is -2.59. The molecule has 30 heavy (non-hydrogen) atoms. The largest absolute Gasteiger partial charge is 0.384 e. The molecule has 1 aromatic carbocycles. The van der Waals surface area contributed by atoms with Crippen molar-refractivity contribution in [3.05, 3.63) is 46.1 Å². The van der Waals surface area contributed by atoms with E-state index in [1.165, 1.54) is 11.2 Å². The van der Waals surface area contributed by atoms with Crippen LogP contribution in [0.1, 0.15) is 18.4 Å². The van der Waals surface area contributed by atoms with Crippen molar-refractivity contribution in [1.29, 1.82) is 5.41 Å². The van der Waals surface area contributed by atoms with E-state index in [2.05, 4.69) is 10.6 Å². The third-order valence-corrected chi connectivity index (χ3v) is 7.13. The van der Waals surface area contributed by atoms with Gasteiger partial charge in [0.15, 0.2) is 0 Å². The molecular weight excluding hydrogens is 430 g/mol. The summed E-state index contributed by atoms with van der Waals surface area (Å²) in [7, 11) is -3.09. The predicted molar refractivity (Wildman–Crippen MR) is 114 cm³/mol. The minimum atomic E-state index is -3.09. The second-order valence-electron chi connectivity index (χ2n) is 7.52. The summed E-state index contributed by atoms with van der Waals surface area (Å²) in [5.74, 6) is -0.778. The Morgan fingerprint density at radius 3 is 2.63 bits per heavy atom. The molecular formula is C19H24ClN5O4S. The topological polar surface area (TPSA) is 145 Å². The zero-order valence-electron chi connectivity index (χ0n) is 16.4. The number of primary amides is 1. The van der Waals surface area contributed by atoms with Crippen LogP contribution in [-0.2, 0) is 14.6 Å². The van der Waals surface area contributed by atoms with Crippen LogP contribution in [0.5, 0.6) is 0 Å². The molecule has 2 aliphatic rings. The summed E-state index contributed by atoms with van der Waals surface area (Å²) >= 11 is 5.99. The lowest BCUT2D eigenvalue weighted by atomic mass is 9.92. The smallest absolute Gasteiger partial charge is 0.318 e. The fourth-order valence-corrected chi connectivity index (χ4v) is 4.87. The van der Waals surface area contributed by atoms with Gasteiger partial charge in [-0.05, 0) is 25.0 Å². The van der Waals surface area contributed by atoms with Gasteiger partial charge in [-0.3, -0.25) is 10.2 Å². The first-order valence-electron chi connectivity index (χ1n) is 9.42. The van der Waals surface area contributed by atoms with E-state index in [-0.39, 0.29) is 29.9 Å². The standard InChI is InChI=1S/C19H24ClN5O4S/c1-30(28,29)14-8-13(9-14)24-19(27)25-6-5-23-15(10-25)16(18(22)26)17(21)11-3-2-4-12(20)7-11/h2-4,7,13-14,21,23H,5-6,8-10H2,1H3,(H2,22,26)(H,24,27)/b16-15+,21-17?. The Kier molecular flexibility index (Phi) is 6.37. The van der Waals surface area contributed by atoms with Crippen LogP contribution in [0.15, 0.2) is 35.5 Å². The molecule has 0 aromatic heterocycles. The molecule has 1 saturated carbocycles. The normalized spacial score (nSPS) is 23.1. The third kappa shape index (κ3) is 4.93. The van der Waals surface area contributed by atoms with Crippen LogP contribution in [0.4, 0.5) is 4.79 Å². The van der Waals surface area contributed by atoms with Crippen molar-refractivity contribution in [3.63, 3.8) is 0 Å². The number of urea groups is 1. The second kappa shape index (κ2) is 8.65. The van der Waals surface area contributed by atoms with Gasteiger partial charge in [0.05, 0.1) is 23.1 Å². The number of carbonyl (C=O) groups excluding carboxylic acids is 2. The highest BCUT2D eigenvalue weighted by molar-refractivity contribution is 7.91. The number of nitrogens with two attached hydrogens (primary N) is 1. The number of piperazine rings is 1. The van der Waals surface area contributed by atoms with Crippen molar-refractivity contribution < 1.29 is 18.0 Å². The average molecular weight is 454 g/mol. The number of amides is 3. The van der Waals surface area contributed by atoms with Gasteiger partial charge in [0.25, 0.3) is 5.91 Å². The molecule has 0 spiro atoms. The molecule has 1 aromatic rings. The van der Waals surface area contributed by atoms with E-state index >= 15 is 0 Å². The molecule has 0 unspecified atom stereocenters. The summed E-state index contributed by atoms with van der Waals surface area (Å²) in [5.41, 5.74) is 6.29. The number of sulfone groups is 1. The fraction of sp³-hybridized carbons (Fsp3) is 0.421. The van der Waals surface area contributed by atoms with E-state index in [1.807, 2.05) is 0 Å². The number of rotatable bonds is 5. The Labute approximate surface area is 180 Å². The van der Waals surface area contributed by atoms with E-state index in [0.29, 0.717) is 42.2 Å². The molecule has 2 fully saturated rings. The highest BCUT2D eigenvalue weighted by Gasteiger charge is 2.38. The predicted octanol–water partition coefficient (Wildman–Crippen LogP) is 0.638. The monoisotopic (exact) mass is 453 g/mol. The van der Waals surface area contributed by atoms with Gasteiger partial charge >= 0.3 is 6.03 Å². The average Bonchev–Trinajstić information content (AvgIpc) is 2.63. The molecule has 11 heteroatoms. The number of benzene rings is 1. The lowest BCUT2D eigenvalue weighted by Crippen LogP contribution is -2.56. The van der Waals surface area contributed by atoms with Gasteiger partial charge in [0.2, 0.25) is 0 Å². The number of halogens is 1. The van der Waals surface area contributed by atoms with E-state index in [0.717, 1.165) is 0 Å². The van der Waals surface area contributed by atoms with Gasteiger partial charge < -0.3 is 21.3 Å². The van der Waals surface area contributed by atoms with Crippen molar-refractivity contribution in [2.45, 2.75) is 24.1 Å². The molecule has 1 aliphatic carbocycles. The highest BCUT2D eigenvalue weighted by Crippen LogP contribution is 2.26. The van der Waals surface area contributed by atoms with Crippen LogP contribution in [0.3, 0.4) is 0 Å². The molecule has 162 valence electrons. The van der Waals surface area contributed by atoms with Crippen molar-refractivity contribution in [2.75, 3.05) is 25.9 Å². The molecule has 0 radical (unpaired) electrons. The van der Waals surface area contributed by atoms with Crippen LogP contribution in [0, 0.1) is 5.41 Å². The Morgan fingerprint density at radius 2 is 2.03 bits per heavy atom. The summed E-state index contributed by atoms with van der Waals surface area (Å²) < 4.78 is 23.0. The van der Waals surface area contributed by atoms with E-state index in [4.69, 9.17) is 22.7 Å².